The zero-order valence-electron chi connectivity index (χ0n) is 9.26. The normalized spacial score (nSPS) is 10.3. The van der Waals surface area contributed by atoms with Gasteiger partial charge in [0.05, 0.1) is 5.52 Å². The summed E-state index contributed by atoms with van der Waals surface area (Å²) < 4.78 is 1.70. The number of aryl methyl sites for hydroxylation is 1. The number of fused-ring (bicyclic) bond motifs is 1. The predicted molar refractivity (Wildman–Crippen MR) is 64.8 cm³/mol. The molecule has 1 aromatic carbocycles. The van der Waals surface area contributed by atoms with E-state index in [2.05, 4.69) is 11.0 Å². The van der Waals surface area contributed by atoms with Crippen LogP contribution in [0.15, 0.2) is 24.3 Å². The monoisotopic (exact) mass is 228 g/mol. The van der Waals surface area contributed by atoms with Gasteiger partial charge in [-0.15, -0.1) is 12.3 Å². The van der Waals surface area contributed by atoms with Gasteiger partial charge in [0, 0.05) is 18.4 Å². The second kappa shape index (κ2) is 4.71. The van der Waals surface area contributed by atoms with Crippen LogP contribution in [0.4, 0.5) is 0 Å². The van der Waals surface area contributed by atoms with Gasteiger partial charge >= 0.3 is 5.97 Å². The molecule has 1 N–H and O–H groups in total. The van der Waals surface area contributed by atoms with Crippen molar-refractivity contribution in [3.8, 4) is 12.3 Å². The lowest BCUT2D eigenvalue weighted by Gasteiger charge is -2.00. The maximum absolute atomic E-state index is 11.1. The molecule has 0 aliphatic carbocycles. The van der Waals surface area contributed by atoms with Crippen molar-refractivity contribution >= 4 is 16.9 Å². The van der Waals surface area contributed by atoms with Gasteiger partial charge in [0.15, 0.2) is 5.69 Å². The van der Waals surface area contributed by atoms with Crippen LogP contribution in [0.2, 0.25) is 0 Å². The second-order valence-corrected chi connectivity index (χ2v) is 3.70. The molecule has 0 atom stereocenters. The number of terminal acetylenes is 1. The Kier molecular flexibility index (Phi) is 3.10. The molecule has 1 heterocycles. The third-order valence-corrected chi connectivity index (χ3v) is 2.55. The SMILES string of the molecule is C#CCCCn1nc(C(=O)O)c2ccccc21. The van der Waals surface area contributed by atoms with Crippen LogP contribution in [0.25, 0.3) is 10.9 Å². The summed E-state index contributed by atoms with van der Waals surface area (Å²) in [5, 5.41) is 13.8. The Labute approximate surface area is 98.9 Å². The summed E-state index contributed by atoms with van der Waals surface area (Å²) in [7, 11) is 0. The average Bonchev–Trinajstić information content (AvgIpc) is 2.69. The van der Waals surface area contributed by atoms with Crippen LogP contribution in [0.1, 0.15) is 23.3 Å². The molecule has 0 amide bonds. The maximum atomic E-state index is 11.1. The van der Waals surface area contributed by atoms with Crippen LogP contribution in [-0.4, -0.2) is 20.9 Å². The van der Waals surface area contributed by atoms with E-state index in [4.69, 9.17) is 11.5 Å². The number of rotatable bonds is 4. The molecule has 1 aromatic heterocycles. The molecule has 0 fully saturated rings. The number of nitrogens with zero attached hydrogens (tertiary/aromatic N) is 2. The molecule has 4 nitrogen and oxygen atoms in total. The minimum atomic E-state index is -1.00. The number of carboxylic acid groups (broad SMARTS) is 1. The van der Waals surface area contributed by atoms with E-state index in [-0.39, 0.29) is 5.69 Å². The van der Waals surface area contributed by atoms with Crippen LogP contribution in [-0.2, 0) is 6.54 Å². The topological polar surface area (TPSA) is 55.1 Å². The zero-order chi connectivity index (χ0) is 12.3. The molecule has 0 bridgehead atoms. The van der Waals surface area contributed by atoms with Gasteiger partial charge in [-0.25, -0.2) is 4.79 Å². The second-order valence-electron chi connectivity index (χ2n) is 3.70. The largest absolute Gasteiger partial charge is 0.476 e. The minimum Gasteiger partial charge on any atom is -0.476 e. The highest BCUT2D eigenvalue weighted by molar-refractivity contribution is 6.01. The van der Waals surface area contributed by atoms with E-state index in [0.717, 1.165) is 11.9 Å². The number of unbranched alkanes of at least 4 members (excludes halogenated alkanes) is 1. The Bertz CT molecular complexity index is 593. The first-order chi connectivity index (χ1) is 8.24. The highest BCUT2D eigenvalue weighted by Gasteiger charge is 2.15. The van der Waals surface area contributed by atoms with E-state index >= 15 is 0 Å². The van der Waals surface area contributed by atoms with Gasteiger partial charge in [0.2, 0.25) is 0 Å². The molecule has 0 saturated heterocycles. The predicted octanol–water partition coefficient (Wildman–Crippen LogP) is 2.15. The van der Waals surface area contributed by atoms with Gasteiger partial charge in [-0.3, -0.25) is 4.68 Å². The van der Waals surface area contributed by atoms with Crippen molar-refractivity contribution in [2.75, 3.05) is 0 Å². The first-order valence-electron chi connectivity index (χ1n) is 5.36. The lowest BCUT2D eigenvalue weighted by Crippen LogP contribution is -2.03. The molecular weight excluding hydrogens is 216 g/mol. The van der Waals surface area contributed by atoms with Gasteiger partial charge in [-0.1, -0.05) is 18.2 Å². The highest BCUT2D eigenvalue weighted by Crippen LogP contribution is 2.18. The minimum absolute atomic E-state index is 0.0984. The molecule has 0 aliphatic heterocycles. The third kappa shape index (κ3) is 2.13. The fraction of sp³-hybridized carbons (Fsp3) is 0.231. The molecule has 86 valence electrons. The Morgan fingerprint density at radius 3 is 2.94 bits per heavy atom. The van der Waals surface area contributed by atoms with Gasteiger partial charge in [-0.2, -0.15) is 5.10 Å². The van der Waals surface area contributed by atoms with Gasteiger partial charge in [0.25, 0.3) is 0 Å². The average molecular weight is 228 g/mol. The van der Waals surface area contributed by atoms with E-state index in [9.17, 15) is 4.79 Å². The summed E-state index contributed by atoms with van der Waals surface area (Å²) in [4.78, 5) is 11.1. The number of aromatic carboxylic acids is 1. The smallest absolute Gasteiger partial charge is 0.357 e. The summed E-state index contributed by atoms with van der Waals surface area (Å²) in [6.07, 6.45) is 6.64. The Hall–Kier alpha value is -2.28. The van der Waals surface area contributed by atoms with Crippen molar-refractivity contribution in [2.45, 2.75) is 19.4 Å². The van der Waals surface area contributed by atoms with Crippen molar-refractivity contribution in [2.24, 2.45) is 0 Å². The number of aromatic nitrogens is 2. The number of hydrogen-bond donors (Lipinski definition) is 1. The Morgan fingerprint density at radius 2 is 2.24 bits per heavy atom. The number of para-hydroxylation sites is 1. The molecule has 2 aromatic rings. The van der Waals surface area contributed by atoms with Gasteiger partial charge < -0.3 is 5.11 Å². The zero-order valence-corrected chi connectivity index (χ0v) is 9.26. The first-order valence-corrected chi connectivity index (χ1v) is 5.36. The summed E-state index contributed by atoms with van der Waals surface area (Å²) in [6.45, 7) is 0.637. The van der Waals surface area contributed by atoms with Crippen LogP contribution < -0.4 is 0 Å². The Balaban J connectivity index is 2.42. The summed E-state index contributed by atoms with van der Waals surface area (Å²) in [6, 6.07) is 7.31. The fourth-order valence-electron chi connectivity index (χ4n) is 1.79. The molecule has 4 heteroatoms. The van der Waals surface area contributed by atoms with Crippen molar-refractivity contribution < 1.29 is 9.90 Å². The number of carbonyl (C=O) groups is 1. The van der Waals surface area contributed by atoms with E-state index in [1.807, 2.05) is 18.2 Å². The van der Waals surface area contributed by atoms with Crippen molar-refractivity contribution in [3.63, 3.8) is 0 Å². The summed E-state index contributed by atoms with van der Waals surface area (Å²) in [5.74, 6) is 1.56. The van der Waals surface area contributed by atoms with Crippen LogP contribution in [0.5, 0.6) is 0 Å². The molecular formula is C13H12N2O2. The van der Waals surface area contributed by atoms with E-state index < -0.39 is 5.97 Å². The molecule has 17 heavy (non-hydrogen) atoms. The quantitative estimate of drug-likeness (QED) is 0.644. The van der Waals surface area contributed by atoms with Gasteiger partial charge in [0.1, 0.15) is 0 Å². The van der Waals surface area contributed by atoms with E-state index in [1.165, 1.54) is 0 Å². The molecule has 0 aliphatic rings. The molecule has 0 spiro atoms. The molecule has 2 rings (SSSR count). The van der Waals surface area contributed by atoms with Crippen molar-refractivity contribution in [3.05, 3.63) is 30.0 Å². The number of hydrogen-bond acceptors (Lipinski definition) is 2. The maximum Gasteiger partial charge on any atom is 0.357 e. The van der Waals surface area contributed by atoms with Crippen LogP contribution >= 0.6 is 0 Å². The fourth-order valence-corrected chi connectivity index (χ4v) is 1.79. The standard InChI is InChI=1S/C13H12N2O2/c1-2-3-6-9-15-11-8-5-4-7-10(11)12(14-15)13(16)17/h1,4-5,7-8H,3,6,9H2,(H,16,17). The summed E-state index contributed by atoms with van der Waals surface area (Å²) >= 11 is 0. The molecule has 0 unspecified atom stereocenters. The highest BCUT2D eigenvalue weighted by atomic mass is 16.4. The first kappa shape index (κ1) is 11.2. The third-order valence-electron chi connectivity index (χ3n) is 2.55. The van der Waals surface area contributed by atoms with E-state index in [1.54, 1.807) is 10.7 Å². The Morgan fingerprint density at radius 1 is 1.47 bits per heavy atom. The van der Waals surface area contributed by atoms with Gasteiger partial charge in [-0.05, 0) is 12.5 Å². The van der Waals surface area contributed by atoms with Crippen LogP contribution in [0, 0.1) is 12.3 Å². The lowest BCUT2D eigenvalue weighted by atomic mass is 10.2. The lowest BCUT2D eigenvalue weighted by molar-refractivity contribution is 0.0691. The van der Waals surface area contributed by atoms with E-state index in [0.29, 0.717) is 18.4 Å². The molecule has 0 saturated carbocycles. The summed E-state index contributed by atoms with van der Waals surface area (Å²) in [5.41, 5.74) is 0.934. The number of benzene rings is 1. The number of carboxylic acids is 1. The van der Waals surface area contributed by atoms with Crippen molar-refractivity contribution in [1.29, 1.82) is 0 Å². The van der Waals surface area contributed by atoms with Crippen molar-refractivity contribution in [1.82, 2.24) is 9.78 Å². The molecule has 0 radical (unpaired) electrons. The van der Waals surface area contributed by atoms with Crippen LogP contribution in [0.3, 0.4) is 0 Å².